The average Bonchev–Trinajstić information content (AvgIpc) is 2.94. The molecule has 1 aromatic rings. The predicted octanol–water partition coefficient (Wildman–Crippen LogP) is 1.48. The molecule has 0 radical (unpaired) electrons. The molecule has 1 aromatic heterocycles. The third-order valence-electron chi connectivity index (χ3n) is 4.10. The van der Waals surface area contributed by atoms with Crippen molar-refractivity contribution in [3.63, 3.8) is 0 Å². The minimum absolute atomic E-state index is 0.204. The van der Waals surface area contributed by atoms with Gasteiger partial charge in [-0.15, -0.1) is 0 Å². The molecule has 2 fully saturated rings. The van der Waals surface area contributed by atoms with Crippen LogP contribution in [0.2, 0.25) is 0 Å². The summed E-state index contributed by atoms with van der Waals surface area (Å²) in [5.74, 6) is 2.40. The summed E-state index contributed by atoms with van der Waals surface area (Å²) < 4.78 is 5.45. The van der Waals surface area contributed by atoms with Crippen molar-refractivity contribution in [2.45, 2.75) is 33.3 Å². The van der Waals surface area contributed by atoms with Crippen LogP contribution in [0.15, 0.2) is 6.33 Å². The summed E-state index contributed by atoms with van der Waals surface area (Å²) in [4.78, 5) is 28.8. The van der Waals surface area contributed by atoms with Crippen LogP contribution in [0.5, 0.6) is 0 Å². The SMILES string of the molecule is Cc1ncnc(N2CC3CN(C(=O)OC(C)(C)C)CC3C2)n1. The third kappa shape index (κ3) is 3.13. The van der Waals surface area contributed by atoms with Crippen LogP contribution in [0.3, 0.4) is 0 Å². The maximum atomic E-state index is 12.1. The Labute approximate surface area is 130 Å². The molecule has 2 saturated heterocycles. The fourth-order valence-electron chi connectivity index (χ4n) is 3.15. The van der Waals surface area contributed by atoms with Gasteiger partial charge >= 0.3 is 6.09 Å². The van der Waals surface area contributed by atoms with Gasteiger partial charge in [-0.05, 0) is 27.7 Å². The molecule has 22 heavy (non-hydrogen) atoms. The van der Waals surface area contributed by atoms with Gasteiger partial charge in [-0.1, -0.05) is 0 Å². The van der Waals surface area contributed by atoms with E-state index in [-0.39, 0.29) is 6.09 Å². The number of aromatic nitrogens is 3. The van der Waals surface area contributed by atoms with Gasteiger partial charge in [0.2, 0.25) is 5.95 Å². The largest absolute Gasteiger partial charge is 0.444 e. The standard InChI is InChI=1S/C15H23N5O2/c1-10-16-9-17-13(18-10)19-5-11-7-20(8-12(11)6-19)14(21)22-15(2,3)4/h9,11-12H,5-8H2,1-4H3. The summed E-state index contributed by atoms with van der Waals surface area (Å²) in [5.41, 5.74) is -0.441. The molecule has 0 bridgehead atoms. The van der Waals surface area contributed by atoms with Crippen molar-refractivity contribution >= 4 is 12.0 Å². The van der Waals surface area contributed by atoms with E-state index in [9.17, 15) is 4.79 Å². The molecular formula is C15H23N5O2. The van der Waals surface area contributed by atoms with Gasteiger partial charge in [-0.25, -0.2) is 14.8 Å². The van der Waals surface area contributed by atoms with Gasteiger partial charge < -0.3 is 14.5 Å². The van der Waals surface area contributed by atoms with Gasteiger partial charge in [0.15, 0.2) is 0 Å². The van der Waals surface area contributed by atoms with Crippen LogP contribution in [0.1, 0.15) is 26.6 Å². The van der Waals surface area contributed by atoms with Crippen LogP contribution in [0.4, 0.5) is 10.7 Å². The zero-order chi connectivity index (χ0) is 15.9. The van der Waals surface area contributed by atoms with Gasteiger partial charge in [0.1, 0.15) is 17.8 Å². The number of hydrogen-bond donors (Lipinski definition) is 0. The third-order valence-corrected chi connectivity index (χ3v) is 4.10. The Morgan fingerprint density at radius 1 is 1.18 bits per heavy atom. The number of aryl methyl sites for hydroxylation is 1. The minimum atomic E-state index is -0.441. The van der Waals surface area contributed by atoms with Gasteiger partial charge in [-0.3, -0.25) is 0 Å². The van der Waals surface area contributed by atoms with Crippen LogP contribution in [0, 0.1) is 18.8 Å². The molecule has 0 N–H and O–H groups in total. The number of rotatable bonds is 1. The van der Waals surface area contributed by atoms with E-state index in [0.29, 0.717) is 11.8 Å². The minimum Gasteiger partial charge on any atom is -0.444 e. The van der Waals surface area contributed by atoms with Crippen molar-refractivity contribution in [1.29, 1.82) is 0 Å². The lowest BCUT2D eigenvalue weighted by Gasteiger charge is -2.26. The fourth-order valence-corrected chi connectivity index (χ4v) is 3.15. The van der Waals surface area contributed by atoms with Crippen molar-refractivity contribution in [3.8, 4) is 0 Å². The van der Waals surface area contributed by atoms with Crippen LogP contribution in [-0.2, 0) is 4.74 Å². The molecule has 0 saturated carbocycles. The Bertz CT molecular complexity index is 557. The number of carbonyl (C=O) groups excluding carboxylic acids is 1. The number of ether oxygens (including phenoxy) is 1. The van der Waals surface area contributed by atoms with Crippen molar-refractivity contribution in [1.82, 2.24) is 19.9 Å². The van der Waals surface area contributed by atoms with Gasteiger partial charge in [0, 0.05) is 38.0 Å². The number of likely N-dealkylation sites (tertiary alicyclic amines) is 1. The predicted molar refractivity (Wildman–Crippen MR) is 81.6 cm³/mol. The van der Waals surface area contributed by atoms with E-state index in [1.807, 2.05) is 32.6 Å². The van der Waals surface area contributed by atoms with E-state index < -0.39 is 5.60 Å². The van der Waals surface area contributed by atoms with E-state index in [1.54, 1.807) is 6.33 Å². The monoisotopic (exact) mass is 305 g/mol. The summed E-state index contributed by atoms with van der Waals surface area (Å²) in [7, 11) is 0. The second-order valence-corrected chi connectivity index (χ2v) is 7.14. The molecule has 7 nitrogen and oxygen atoms in total. The Hall–Kier alpha value is -1.92. The quantitative estimate of drug-likeness (QED) is 0.782. The first-order valence-electron chi connectivity index (χ1n) is 7.70. The Balaban J connectivity index is 1.60. The van der Waals surface area contributed by atoms with E-state index in [4.69, 9.17) is 4.74 Å². The number of amides is 1. The summed E-state index contributed by atoms with van der Waals surface area (Å²) in [5, 5.41) is 0. The average molecular weight is 305 g/mol. The lowest BCUT2D eigenvalue weighted by molar-refractivity contribution is 0.0282. The highest BCUT2D eigenvalue weighted by molar-refractivity contribution is 5.68. The lowest BCUT2D eigenvalue weighted by Crippen LogP contribution is -2.37. The highest BCUT2D eigenvalue weighted by Crippen LogP contribution is 2.33. The molecule has 0 spiro atoms. The first kappa shape index (κ1) is 15.0. The fraction of sp³-hybridized carbons (Fsp3) is 0.733. The van der Waals surface area contributed by atoms with E-state index in [1.165, 1.54) is 0 Å². The maximum absolute atomic E-state index is 12.1. The molecular weight excluding hydrogens is 282 g/mol. The van der Waals surface area contributed by atoms with Crippen molar-refractivity contribution < 1.29 is 9.53 Å². The molecule has 3 heterocycles. The van der Waals surface area contributed by atoms with Gasteiger partial charge in [0.25, 0.3) is 0 Å². The van der Waals surface area contributed by atoms with Crippen molar-refractivity contribution in [3.05, 3.63) is 12.2 Å². The molecule has 2 aliphatic heterocycles. The molecule has 0 aliphatic carbocycles. The molecule has 2 unspecified atom stereocenters. The van der Waals surface area contributed by atoms with E-state index in [0.717, 1.165) is 38.0 Å². The second kappa shape index (κ2) is 5.37. The van der Waals surface area contributed by atoms with Gasteiger partial charge in [0.05, 0.1) is 0 Å². The van der Waals surface area contributed by atoms with E-state index in [2.05, 4.69) is 19.9 Å². The number of hydrogen-bond acceptors (Lipinski definition) is 6. The normalized spacial score (nSPS) is 24.5. The maximum Gasteiger partial charge on any atom is 0.410 e. The zero-order valence-corrected chi connectivity index (χ0v) is 13.6. The topological polar surface area (TPSA) is 71.5 Å². The molecule has 0 aromatic carbocycles. The number of carbonyl (C=O) groups is 1. The summed E-state index contributed by atoms with van der Waals surface area (Å²) in [6, 6.07) is 0. The number of nitrogens with zero attached hydrogens (tertiary/aromatic N) is 5. The first-order valence-corrected chi connectivity index (χ1v) is 7.70. The van der Waals surface area contributed by atoms with Crippen LogP contribution < -0.4 is 4.90 Å². The number of anilines is 1. The summed E-state index contributed by atoms with van der Waals surface area (Å²) in [6.07, 6.45) is 1.35. The molecule has 1 amide bonds. The zero-order valence-electron chi connectivity index (χ0n) is 13.6. The Kier molecular flexibility index (Phi) is 3.66. The highest BCUT2D eigenvalue weighted by atomic mass is 16.6. The van der Waals surface area contributed by atoms with Crippen LogP contribution in [0.25, 0.3) is 0 Å². The second-order valence-electron chi connectivity index (χ2n) is 7.14. The molecule has 2 aliphatic rings. The van der Waals surface area contributed by atoms with Crippen LogP contribution in [-0.4, -0.2) is 57.7 Å². The van der Waals surface area contributed by atoms with Crippen LogP contribution >= 0.6 is 0 Å². The molecule has 2 atom stereocenters. The first-order chi connectivity index (χ1) is 10.3. The lowest BCUT2D eigenvalue weighted by atomic mass is 10.0. The van der Waals surface area contributed by atoms with Gasteiger partial charge in [-0.2, -0.15) is 4.98 Å². The van der Waals surface area contributed by atoms with E-state index >= 15 is 0 Å². The van der Waals surface area contributed by atoms with Crippen molar-refractivity contribution in [2.75, 3.05) is 31.1 Å². The van der Waals surface area contributed by atoms with Crippen molar-refractivity contribution in [2.24, 2.45) is 11.8 Å². The smallest absolute Gasteiger partial charge is 0.410 e. The summed E-state index contributed by atoms with van der Waals surface area (Å²) >= 11 is 0. The highest BCUT2D eigenvalue weighted by Gasteiger charge is 2.43. The molecule has 3 rings (SSSR count). The Morgan fingerprint density at radius 3 is 2.36 bits per heavy atom. The molecule has 7 heteroatoms. The Morgan fingerprint density at radius 2 is 1.82 bits per heavy atom. The number of fused-ring (bicyclic) bond motifs is 1. The molecule has 120 valence electrons. The summed E-state index contributed by atoms with van der Waals surface area (Å²) in [6.45, 7) is 10.8.